The van der Waals surface area contributed by atoms with Gasteiger partial charge in [-0.3, -0.25) is 4.57 Å². The molecular formula is C34H43O3P. The van der Waals surface area contributed by atoms with Crippen molar-refractivity contribution in [3.63, 3.8) is 0 Å². The van der Waals surface area contributed by atoms with Gasteiger partial charge >= 0.3 is 0 Å². The first-order chi connectivity index (χ1) is 17.5. The topological polar surface area (TPSA) is 46.5 Å². The highest BCUT2D eigenvalue weighted by atomic mass is 31.2. The summed E-state index contributed by atoms with van der Waals surface area (Å²) in [5.74, 6) is 0. The molecule has 1 N–H and O–H groups in total. The normalized spacial score (nSPS) is 23.1. The molecule has 5 rings (SSSR count). The molecule has 3 aromatic rings. The summed E-state index contributed by atoms with van der Waals surface area (Å²) in [6.45, 7) is 20.1. The van der Waals surface area contributed by atoms with E-state index < -0.39 is 12.5 Å². The number of rotatable bonds is 2. The van der Waals surface area contributed by atoms with E-state index in [1.807, 2.05) is 6.07 Å². The maximum Gasteiger partial charge on any atom is 0.226 e. The Bertz CT molecular complexity index is 1460. The van der Waals surface area contributed by atoms with E-state index >= 15 is 4.57 Å². The van der Waals surface area contributed by atoms with Crippen LogP contribution in [-0.2, 0) is 49.9 Å². The van der Waals surface area contributed by atoms with Crippen LogP contribution in [0.2, 0.25) is 0 Å². The maximum absolute atomic E-state index is 15.4. The molecule has 0 bridgehead atoms. The van der Waals surface area contributed by atoms with Gasteiger partial charge in [-0.15, -0.1) is 0 Å². The highest BCUT2D eigenvalue weighted by Gasteiger charge is 2.62. The molecule has 0 spiro atoms. The van der Waals surface area contributed by atoms with Gasteiger partial charge in [0.1, 0.15) is 5.16 Å². The molecule has 2 atom stereocenters. The fourth-order valence-corrected chi connectivity index (χ4v) is 9.51. The molecule has 0 fully saturated rings. The number of benzene rings is 3. The fraction of sp³-hybridized carbons (Fsp3) is 0.471. The minimum Gasteiger partial charge on any atom is -0.392 e. The molecule has 0 saturated heterocycles. The standard InChI is InChI=1S/C34H43O3P/c1-31(2,3)25-13-10-22(19-35)28(16-25)34-29-17-26(32(4,5)6)14-11-23(29)20-37-38(34,36)21-24-12-15-27(18-30(24)34)33(7,8)9/h10-18,35H,19-21H2,1-9H3. The molecule has 2 aliphatic rings. The van der Waals surface area contributed by atoms with Crippen molar-refractivity contribution in [3.05, 3.63) is 105 Å². The van der Waals surface area contributed by atoms with E-state index in [4.69, 9.17) is 4.52 Å². The van der Waals surface area contributed by atoms with Crippen LogP contribution in [0.3, 0.4) is 0 Å². The van der Waals surface area contributed by atoms with Crippen molar-refractivity contribution in [3.8, 4) is 0 Å². The molecule has 3 aromatic carbocycles. The second kappa shape index (κ2) is 8.65. The Balaban J connectivity index is 1.99. The lowest BCUT2D eigenvalue weighted by molar-refractivity contribution is 0.271. The third kappa shape index (κ3) is 4.05. The van der Waals surface area contributed by atoms with Crippen molar-refractivity contribution >= 4 is 7.37 Å². The molecule has 0 radical (unpaired) electrons. The zero-order chi connectivity index (χ0) is 27.9. The lowest BCUT2D eigenvalue weighted by Crippen LogP contribution is -2.34. The van der Waals surface area contributed by atoms with E-state index in [1.165, 1.54) is 11.1 Å². The average Bonchev–Trinajstić information content (AvgIpc) is 3.10. The molecule has 0 aromatic heterocycles. The van der Waals surface area contributed by atoms with Gasteiger partial charge in [-0.05, 0) is 66.3 Å². The van der Waals surface area contributed by atoms with Gasteiger partial charge in [0.2, 0.25) is 7.37 Å². The van der Waals surface area contributed by atoms with Crippen molar-refractivity contribution in [2.45, 2.75) is 103 Å². The summed E-state index contributed by atoms with van der Waals surface area (Å²) in [4.78, 5) is 0. The van der Waals surface area contributed by atoms with Gasteiger partial charge in [-0.2, -0.15) is 0 Å². The molecule has 0 aliphatic carbocycles. The summed E-state index contributed by atoms with van der Waals surface area (Å²) in [6, 6.07) is 19.6. The van der Waals surface area contributed by atoms with Crippen LogP contribution in [0.4, 0.5) is 0 Å². The van der Waals surface area contributed by atoms with Gasteiger partial charge in [-0.25, -0.2) is 0 Å². The van der Waals surface area contributed by atoms with E-state index in [1.54, 1.807) is 0 Å². The largest absolute Gasteiger partial charge is 0.392 e. The summed E-state index contributed by atoms with van der Waals surface area (Å²) in [5, 5.41) is 9.70. The first-order valence-electron chi connectivity index (χ1n) is 13.8. The van der Waals surface area contributed by atoms with Crippen molar-refractivity contribution in [1.29, 1.82) is 0 Å². The molecule has 2 heterocycles. The van der Waals surface area contributed by atoms with Gasteiger partial charge in [0.25, 0.3) is 0 Å². The Morgan fingerprint density at radius 1 is 0.711 bits per heavy atom. The Morgan fingerprint density at radius 3 is 1.66 bits per heavy atom. The van der Waals surface area contributed by atoms with E-state index in [9.17, 15) is 5.11 Å². The van der Waals surface area contributed by atoms with E-state index in [0.29, 0.717) is 12.8 Å². The highest BCUT2D eigenvalue weighted by molar-refractivity contribution is 7.60. The minimum atomic E-state index is -3.31. The Kier molecular flexibility index (Phi) is 6.24. The average molecular weight is 531 g/mol. The quantitative estimate of drug-likeness (QED) is 0.337. The molecule has 3 nitrogen and oxygen atoms in total. The van der Waals surface area contributed by atoms with Gasteiger partial charge in [0, 0.05) is 0 Å². The van der Waals surface area contributed by atoms with Crippen LogP contribution in [0.1, 0.15) is 112 Å². The number of fused-ring (bicyclic) bond motifs is 5. The monoisotopic (exact) mass is 530 g/mol. The predicted molar refractivity (Wildman–Crippen MR) is 157 cm³/mol. The first kappa shape index (κ1) is 27.4. The molecule has 202 valence electrons. The predicted octanol–water partition coefficient (Wildman–Crippen LogP) is 8.69. The van der Waals surface area contributed by atoms with Crippen LogP contribution in [-0.4, -0.2) is 5.11 Å². The van der Waals surface area contributed by atoms with Crippen molar-refractivity contribution in [2.24, 2.45) is 0 Å². The lowest BCUT2D eigenvalue weighted by Gasteiger charge is -2.44. The van der Waals surface area contributed by atoms with E-state index in [0.717, 1.165) is 38.9 Å². The Labute approximate surface area is 229 Å². The van der Waals surface area contributed by atoms with Crippen LogP contribution >= 0.6 is 7.37 Å². The second-order valence-corrected chi connectivity index (χ2v) is 16.9. The molecule has 0 amide bonds. The minimum absolute atomic E-state index is 0.0680. The molecular weight excluding hydrogens is 487 g/mol. The molecule has 38 heavy (non-hydrogen) atoms. The summed E-state index contributed by atoms with van der Waals surface area (Å²) >= 11 is 0. The van der Waals surface area contributed by atoms with Crippen molar-refractivity contribution in [2.75, 3.05) is 0 Å². The SMILES string of the molecule is CC(C)(C)c1ccc(CO)c(C23c4cc(C(C)(C)C)ccc4COP2(=O)Cc2ccc(C(C)(C)C)cc23)c1. The van der Waals surface area contributed by atoms with E-state index in [-0.39, 0.29) is 22.9 Å². The smallest absolute Gasteiger partial charge is 0.226 e. The fourth-order valence-electron chi connectivity index (χ4n) is 6.19. The van der Waals surface area contributed by atoms with Gasteiger partial charge in [0.05, 0.1) is 19.4 Å². The zero-order valence-electron chi connectivity index (χ0n) is 24.5. The number of aliphatic hydroxyl groups excluding tert-OH is 1. The molecule has 4 heteroatoms. The molecule has 2 aliphatic heterocycles. The lowest BCUT2D eigenvalue weighted by atomic mass is 9.73. The summed E-state index contributed by atoms with van der Waals surface area (Å²) in [6.07, 6.45) is 0.399. The second-order valence-electron chi connectivity index (χ2n) is 14.3. The van der Waals surface area contributed by atoms with Gasteiger partial charge < -0.3 is 9.63 Å². The van der Waals surface area contributed by atoms with Crippen molar-refractivity contribution < 1.29 is 14.2 Å². The summed E-state index contributed by atoms with van der Waals surface area (Å²) in [5.41, 5.74) is 9.37. The number of aliphatic hydroxyl groups is 1. The number of hydrogen-bond donors (Lipinski definition) is 1. The van der Waals surface area contributed by atoms with Crippen LogP contribution in [0, 0.1) is 0 Å². The van der Waals surface area contributed by atoms with Crippen LogP contribution < -0.4 is 0 Å². The Hall–Kier alpha value is -2.19. The first-order valence-corrected chi connectivity index (χ1v) is 15.6. The van der Waals surface area contributed by atoms with Gasteiger partial charge in [0.15, 0.2) is 0 Å². The zero-order valence-corrected chi connectivity index (χ0v) is 25.4. The van der Waals surface area contributed by atoms with Crippen molar-refractivity contribution in [1.82, 2.24) is 0 Å². The number of hydrogen-bond acceptors (Lipinski definition) is 3. The van der Waals surface area contributed by atoms with E-state index in [2.05, 4.69) is 111 Å². The highest BCUT2D eigenvalue weighted by Crippen LogP contribution is 2.79. The van der Waals surface area contributed by atoms with Crippen LogP contribution in [0.5, 0.6) is 0 Å². The third-order valence-electron chi connectivity index (χ3n) is 8.59. The third-order valence-corrected chi connectivity index (χ3v) is 11.6. The summed E-state index contributed by atoms with van der Waals surface area (Å²) < 4.78 is 21.9. The van der Waals surface area contributed by atoms with Crippen LogP contribution in [0.15, 0.2) is 54.6 Å². The maximum atomic E-state index is 15.4. The van der Waals surface area contributed by atoms with Crippen LogP contribution in [0.25, 0.3) is 0 Å². The molecule has 0 saturated carbocycles. The molecule has 2 unspecified atom stereocenters. The van der Waals surface area contributed by atoms with Gasteiger partial charge in [-0.1, -0.05) is 117 Å². The Morgan fingerprint density at radius 2 is 1.16 bits per heavy atom. The summed E-state index contributed by atoms with van der Waals surface area (Å²) in [7, 11) is -3.31.